The molecule has 26 heavy (non-hydrogen) atoms. The van der Waals surface area contributed by atoms with Crippen LogP contribution in [0, 0.1) is 0 Å². The fourth-order valence-corrected chi connectivity index (χ4v) is 4.56. The quantitative estimate of drug-likeness (QED) is 0.638. The molecule has 138 valence electrons. The van der Waals surface area contributed by atoms with Gasteiger partial charge in [0.15, 0.2) is 0 Å². The standard InChI is InChI=1S/C24H31NO/c1-3-5-11-16-24(23(26)25-17-4-2)21-15-10-9-14-20(21)18-22(24)19-12-7-6-8-13-19/h6-10,12-15,22H,3-5,11,16-18H2,1-2H3,(H,25,26)/t22?,24-/m1/s1. The molecule has 0 saturated heterocycles. The summed E-state index contributed by atoms with van der Waals surface area (Å²) in [5.74, 6) is 0.434. The van der Waals surface area contributed by atoms with Crippen LogP contribution in [-0.2, 0) is 16.6 Å². The minimum Gasteiger partial charge on any atom is -0.355 e. The molecule has 1 unspecified atom stereocenters. The van der Waals surface area contributed by atoms with E-state index >= 15 is 0 Å². The number of hydrogen-bond donors (Lipinski definition) is 1. The molecule has 0 aromatic heterocycles. The Labute approximate surface area is 158 Å². The van der Waals surface area contributed by atoms with Crippen LogP contribution in [0.15, 0.2) is 54.6 Å². The van der Waals surface area contributed by atoms with Crippen molar-refractivity contribution < 1.29 is 4.79 Å². The highest BCUT2D eigenvalue weighted by Gasteiger charge is 2.51. The zero-order valence-corrected chi connectivity index (χ0v) is 16.1. The number of fused-ring (bicyclic) bond motifs is 1. The van der Waals surface area contributed by atoms with E-state index in [1.807, 2.05) is 0 Å². The summed E-state index contributed by atoms with van der Waals surface area (Å²) >= 11 is 0. The van der Waals surface area contributed by atoms with E-state index in [1.54, 1.807) is 0 Å². The highest BCUT2D eigenvalue weighted by molar-refractivity contribution is 5.91. The maximum Gasteiger partial charge on any atom is 0.231 e. The summed E-state index contributed by atoms with van der Waals surface area (Å²) in [4.78, 5) is 13.6. The SMILES string of the molecule is CCCCC[C@@]1(C(=O)NCCC)c2ccccc2CC1c1ccccc1. The van der Waals surface area contributed by atoms with Gasteiger partial charge in [-0.25, -0.2) is 0 Å². The van der Waals surface area contributed by atoms with Crippen LogP contribution in [0.5, 0.6) is 0 Å². The normalized spacial score (nSPS) is 21.4. The fourth-order valence-electron chi connectivity index (χ4n) is 4.56. The number of carbonyl (C=O) groups is 1. The van der Waals surface area contributed by atoms with Crippen LogP contribution >= 0.6 is 0 Å². The van der Waals surface area contributed by atoms with Gasteiger partial charge in [0.1, 0.15) is 0 Å². The molecule has 0 aliphatic heterocycles. The molecule has 0 saturated carbocycles. The lowest BCUT2D eigenvalue weighted by Gasteiger charge is -2.36. The van der Waals surface area contributed by atoms with Crippen molar-refractivity contribution in [2.45, 2.75) is 63.7 Å². The Morgan fingerprint density at radius 3 is 2.46 bits per heavy atom. The van der Waals surface area contributed by atoms with Crippen molar-refractivity contribution in [1.82, 2.24) is 5.32 Å². The van der Waals surface area contributed by atoms with Gasteiger partial charge in [-0.2, -0.15) is 0 Å². The summed E-state index contributed by atoms with van der Waals surface area (Å²) in [5, 5.41) is 3.24. The molecule has 2 heteroatoms. The summed E-state index contributed by atoms with van der Waals surface area (Å²) in [6.07, 6.45) is 6.28. The Morgan fingerprint density at radius 2 is 1.73 bits per heavy atom. The molecule has 0 spiro atoms. The summed E-state index contributed by atoms with van der Waals surface area (Å²) in [6.45, 7) is 5.08. The number of nitrogens with one attached hydrogen (secondary N) is 1. The average Bonchev–Trinajstić information content (AvgIpc) is 3.02. The minimum atomic E-state index is -0.442. The van der Waals surface area contributed by atoms with E-state index in [0.717, 1.165) is 32.2 Å². The second-order valence-corrected chi connectivity index (χ2v) is 7.51. The van der Waals surface area contributed by atoms with Crippen molar-refractivity contribution in [3.8, 4) is 0 Å². The molecule has 1 aliphatic carbocycles. The van der Waals surface area contributed by atoms with Gasteiger partial charge in [0, 0.05) is 12.5 Å². The maximum atomic E-state index is 13.6. The van der Waals surface area contributed by atoms with E-state index in [4.69, 9.17) is 0 Å². The van der Waals surface area contributed by atoms with E-state index in [9.17, 15) is 4.79 Å². The molecule has 2 aromatic rings. The second-order valence-electron chi connectivity index (χ2n) is 7.51. The van der Waals surface area contributed by atoms with Crippen molar-refractivity contribution >= 4 is 5.91 Å². The van der Waals surface area contributed by atoms with Crippen molar-refractivity contribution in [2.24, 2.45) is 0 Å². The molecule has 3 rings (SSSR count). The van der Waals surface area contributed by atoms with Gasteiger partial charge in [-0.1, -0.05) is 87.7 Å². The molecular formula is C24H31NO. The van der Waals surface area contributed by atoms with Crippen molar-refractivity contribution in [1.29, 1.82) is 0 Å². The number of rotatable bonds is 8. The fraction of sp³-hybridized carbons (Fsp3) is 0.458. The van der Waals surface area contributed by atoms with Gasteiger partial charge in [0.25, 0.3) is 0 Å². The van der Waals surface area contributed by atoms with Crippen LogP contribution in [0.3, 0.4) is 0 Å². The van der Waals surface area contributed by atoms with Crippen molar-refractivity contribution in [3.05, 3.63) is 71.3 Å². The van der Waals surface area contributed by atoms with Crippen LogP contribution in [0.4, 0.5) is 0 Å². The third kappa shape index (κ3) is 3.42. The first-order valence-electron chi connectivity index (χ1n) is 10.2. The predicted octanol–water partition coefficient (Wildman–Crippen LogP) is 5.37. The Morgan fingerprint density at radius 1 is 1.00 bits per heavy atom. The first-order chi connectivity index (χ1) is 12.7. The molecule has 0 heterocycles. The zero-order chi connectivity index (χ0) is 18.4. The topological polar surface area (TPSA) is 29.1 Å². The van der Waals surface area contributed by atoms with E-state index < -0.39 is 5.41 Å². The molecule has 0 fully saturated rings. The molecule has 1 amide bonds. The third-order valence-electron chi connectivity index (χ3n) is 5.83. The molecule has 1 aliphatic rings. The second kappa shape index (κ2) is 8.53. The largest absolute Gasteiger partial charge is 0.355 e. The Balaban J connectivity index is 2.08. The van der Waals surface area contributed by atoms with Gasteiger partial charge in [-0.15, -0.1) is 0 Å². The lowest BCUT2D eigenvalue weighted by molar-refractivity contribution is -0.127. The van der Waals surface area contributed by atoms with Crippen molar-refractivity contribution in [3.63, 3.8) is 0 Å². The number of amides is 1. The summed E-state index contributed by atoms with van der Waals surface area (Å²) in [5.41, 5.74) is 3.43. The zero-order valence-electron chi connectivity index (χ0n) is 16.1. The van der Waals surface area contributed by atoms with Gasteiger partial charge in [0.05, 0.1) is 5.41 Å². The van der Waals surface area contributed by atoms with E-state index in [0.29, 0.717) is 0 Å². The average molecular weight is 350 g/mol. The molecule has 2 atom stereocenters. The van der Waals surface area contributed by atoms with Crippen LogP contribution in [0.1, 0.15) is 68.6 Å². The molecule has 1 N–H and O–H groups in total. The van der Waals surface area contributed by atoms with Gasteiger partial charge in [-0.3, -0.25) is 4.79 Å². The van der Waals surface area contributed by atoms with Gasteiger partial charge < -0.3 is 5.32 Å². The molecule has 2 aromatic carbocycles. The van der Waals surface area contributed by atoms with Gasteiger partial charge >= 0.3 is 0 Å². The van der Waals surface area contributed by atoms with Gasteiger partial charge in [-0.05, 0) is 36.0 Å². The van der Waals surface area contributed by atoms with Crippen LogP contribution < -0.4 is 5.32 Å². The lowest BCUT2D eigenvalue weighted by Crippen LogP contribution is -2.47. The number of hydrogen-bond acceptors (Lipinski definition) is 1. The highest BCUT2D eigenvalue weighted by Crippen LogP contribution is 2.52. The Bertz CT molecular complexity index is 724. The number of carbonyl (C=O) groups excluding carboxylic acids is 1. The van der Waals surface area contributed by atoms with Crippen LogP contribution in [0.2, 0.25) is 0 Å². The van der Waals surface area contributed by atoms with Crippen LogP contribution in [0.25, 0.3) is 0 Å². The van der Waals surface area contributed by atoms with Gasteiger partial charge in [0.2, 0.25) is 5.91 Å². The summed E-state index contributed by atoms with van der Waals surface area (Å²) < 4.78 is 0. The van der Waals surface area contributed by atoms with Crippen LogP contribution in [-0.4, -0.2) is 12.5 Å². The Hall–Kier alpha value is -2.09. The molecule has 0 bridgehead atoms. The monoisotopic (exact) mass is 349 g/mol. The smallest absolute Gasteiger partial charge is 0.231 e. The molecule has 0 radical (unpaired) electrons. The van der Waals surface area contributed by atoms with E-state index in [-0.39, 0.29) is 11.8 Å². The van der Waals surface area contributed by atoms with Crippen molar-refractivity contribution in [2.75, 3.05) is 6.54 Å². The predicted molar refractivity (Wildman–Crippen MR) is 108 cm³/mol. The first-order valence-corrected chi connectivity index (χ1v) is 10.2. The first kappa shape index (κ1) is 18.7. The summed E-state index contributed by atoms with van der Waals surface area (Å²) in [7, 11) is 0. The molecular weight excluding hydrogens is 318 g/mol. The number of unbranched alkanes of at least 4 members (excludes halogenated alkanes) is 2. The maximum absolute atomic E-state index is 13.6. The lowest BCUT2D eigenvalue weighted by atomic mass is 9.68. The summed E-state index contributed by atoms with van der Waals surface area (Å²) in [6, 6.07) is 19.2. The minimum absolute atomic E-state index is 0.217. The highest BCUT2D eigenvalue weighted by atomic mass is 16.2. The van der Waals surface area contributed by atoms with E-state index in [1.165, 1.54) is 29.5 Å². The number of benzene rings is 2. The Kier molecular flexibility index (Phi) is 6.13. The third-order valence-corrected chi connectivity index (χ3v) is 5.83. The molecule has 2 nitrogen and oxygen atoms in total. The van der Waals surface area contributed by atoms with E-state index in [2.05, 4.69) is 73.8 Å².